The van der Waals surface area contributed by atoms with Crippen molar-refractivity contribution >= 4 is 11.8 Å². The van der Waals surface area contributed by atoms with Crippen molar-refractivity contribution in [2.24, 2.45) is 16.7 Å². The van der Waals surface area contributed by atoms with Gasteiger partial charge < -0.3 is 5.11 Å². The molecule has 0 heterocycles. The minimum atomic E-state index is -0.224. The van der Waals surface area contributed by atoms with E-state index in [2.05, 4.69) is 107 Å². The van der Waals surface area contributed by atoms with Crippen LogP contribution in [0.15, 0.2) is 34.9 Å². The van der Waals surface area contributed by atoms with Crippen molar-refractivity contribution in [1.29, 1.82) is 0 Å². The number of hydrazine groups is 1. The molecule has 0 unspecified atom stereocenters. The maximum atomic E-state index is 12.7. The molecule has 5 nitrogen and oxygen atoms in total. The van der Waals surface area contributed by atoms with Gasteiger partial charge in [-0.3, -0.25) is 20.4 Å². The van der Waals surface area contributed by atoms with Crippen LogP contribution in [0.5, 0.6) is 5.75 Å². The van der Waals surface area contributed by atoms with Crippen LogP contribution >= 0.6 is 0 Å². The third-order valence-corrected chi connectivity index (χ3v) is 8.40. The molecule has 0 bridgehead atoms. The zero-order chi connectivity index (χ0) is 32.3. The number of hydrogen-bond acceptors (Lipinski definition) is 3. The lowest BCUT2D eigenvalue weighted by molar-refractivity contribution is -0.128. The summed E-state index contributed by atoms with van der Waals surface area (Å²) in [6.07, 6.45) is 7.39. The second-order valence-corrected chi connectivity index (χ2v) is 16.5. The molecule has 1 aliphatic rings. The summed E-state index contributed by atoms with van der Waals surface area (Å²) in [7, 11) is 0. The lowest BCUT2D eigenvalue weighted by atomic mass is 9.64. The number of phenols is 1. The van der Waals surface area contributed by atoms with E-state index in [-0.39, 0.29) is 39.9 Å². The van der Waals surface area contributed by atoms with E-state index < -0.39 is 0 Å². The number of rotatable bonds is 8. The van der Waals surface area contributed by atoms with Crippen LogP contribution in [0.3, 0.4) is 0 Å². The highest BCUT2D eigenvalue weighted by atomic mass is 16.3. The van der Waals surface area contributed by atoms with Gasteiger partial charge in [0.05, 0.1) is 0 Å². The monoisotopic (exact) mass is 580 g/mol. The highest BCUT2D eigenvalue weighted by Gasteiger charge is 2.35. The number of carbonyl (C=O) groups is 2. The summed E-state index contributed by atoms with van der Waals surface area (Å²) < 4.78 is 0. The van der Waals surface area contributed by atoms with Crippen LogP contribution in [-0.4, -0.2) is 16.9 Å². The van der Waals surface area contributed by atoms with E-state index in [1.807, 2.05) is 12.1 Å². The van der Waals surface area contributed by atoms with E-state index >= 15 is 0 Å². The Labute approximate surface area is 257 Å². The summed E-state index contributed by atoms with van der Waals surface area (Å²) in [6, 6.07) is 4.01. The summed E-state index contributed by atoms with van der Waals surface area (Å²) in [5, 5.41) is 11.0. The number of phenolic OH excluding ortho intramolecular Hbond substituents is 1. The normalized spacial score (nSPS) is 16.8. The second-order valence-electron chi connectivity index (χ2n) is 16.5. The van der Waals surface area contributed by atoms with Gasteiger partial charge in [0.15, 0.2) is 0 Å². The molecule has 2 rings (SSSR count). The minimum Gasteiger partial charge on any atom is -0.507 e. The summed E-state index contributed by atoms with van der Waals surface area (Å²) in [4.78, 5) is 25.4. The Kier molecular flexibility index (Phi) is 11.4. The van der Waals surface area contributed by atoms with Crippen LogP contribution in [0.1, 0.15) is 145 Å². The smallest absolute Gasteiger partial charge is 0.238 e. The summed E-state index contributed by atoms with van der Waals surface area (Å²) >= 11 is 0. The first kappa shape index (κ1) is 35.6. The van der Waals surface area contributed by atoms with Crippen molar-refractivity contribution in [3.8, 4) is 5.75 Å². The molecule has 0 fully saturated rings. The Morgan fingerprint density at radius 3 is 1.64 bits per heavy atom. The fraction of sp³-hybridized carbons (Fsp3) is 0.676. The number of carbonyl (C=O) groups excluding carboxylic acids is 2. The molecule has 0 saturated heterocycles. The van der Waals surface area contributed by atoms with E-state index in [0.717, 1.165) is 36.0 Å². The van der Waals surface area contributed by atoms with Gasteiger partial charge in [0, 0.05) is 12.8 Å². The van der Waals surface area contributed by atoms with Crippen LogP contribution in [0.2, 0.25) is 0 Å². The number of aromatic hydroxyl groups is 1. The molecule has 2 amide bonds. The van der Waals surface area contributed by atoms with Crippen LogP contribution < -0.4 is 10.9 Å². The fourth-order valence-corrected chi connectivity index (χ4v) is 5.99. The van der Waals surface area contributed by atoms with Crippen molar-refractivity contribution in [1.82, 2.24) is 10.9 Å². The van der Waals surface area contributed by atoms with E-state index in [4.69, 9.17) is 0 Å². The highest BCUT2D eigenvalue weighted by molar-refractivity contribution is 5.82. The number of nitrogens with one attached hydrogen (secondary N) is 2. The molecule has 42 heavy (non-hydrogen) atoms. The van der Waals surface area contributed by atoms with E-state index in [1.165, 1.54) is 11.1 Å². The number of amides is 2. The summed E-state index contributed by atoms with van der Waals surface area (Å²) in [5.74, 6) is 0.403. The Morgan fingerprint density at radius 1 is 0.762 bits per heavy atom. The van der Waals surface area contributed by atoms with E-state index in [0.29, 0.717) is 30.9 Å². The van der Waals surface area contributed by atoms with Crippen molar-refractivity contribution < 1.29 is 14.7 Å². The first-order valence-electron chi connectivity index (χ1n) is 15.9. The molecule has 1 atom stereocenters. The number of hydrogen-bond donors (Lipinski definition) is 3. The molecule has 1 aliphatic carbocycles. The van der Waals surface area contributed by atoms with Crippen LogP contribution in [-0.2, 0) is 26.8 Å². The largest absolute Gasteiger partial charge is 0.507 e. The molecule has 0 spiro atoms. The molecule has 5 heteroatoms. The second kappa shape index (κ2) is 13.4. The van der Waals surface area contributed by atoms with Gasteiger partial charge in [0.2, 0.25) is 11.8 Å². The predicted molar refractivity (Wildman–Crippen MR) is 176 cm³/mol. The first-order valence-corrected chi connectivity index (χ1v) is 15.9. The SMILES string of the molecule is CCCC1=C(C(C)(C)C)C=C(CCC(=O)NNC(=O)CCc2cc(C(C)(C)C)c(O)c(C(C)(C)C)c2)C[C@@H]1C(C)(C)C. The van der Waals surface area contributed by atoms with Gasteiger partial charge in [-0.15, -0.1) is 0 Å². The number of allylic oxidation sites excluding steroid dienone is 4. The standard InChI is InChI=1S/C37H60N2O3/c1-14-15-26-27(34(2,3)4)20-24(21-28(26)35(5,6)7)16-18-31(40)38-39-32(41)19-17-25-22-29(36(8,9)10)33(42)30(23-25)37(11,12)13/h20,22-23,28,42H,14-19,21H2,1-13H3,(H,38,40)(H,39,41)/t28-/m0/s1. The minimum absolute atomic E-state index is 0.0503. The molecule has 1 aromatic rings. The molecule has 1 aromatic carbocycles. The third kappa shape index (κ3) is 9.74. The molecular formula is C37H60N2O3. The highest BCUT2D eigenvalue weighted by Crippen LogP contribution is 2.48. The molecular weight excluding hydrogens is 520 g/mol. The van der Waals surface area contributed by atoms with Crippen LogP contribution in [0.4, 0.5) is 0 Å². The third-order valence-electron chi connectivity index (χ3n) is 8.40. The molecule has 0 aliphatic heterocycles. The summed E-state index contributed by atoms with van der Waals surface area (Å²) in [5.41, 5.74) is 12.1. The Bertz CT molecular complexity index is 1160. The maximum absolute atomic E-state index is 12.7. The number of aryl methyl sites for hydroxylation is 1. The van der Waals surface area contributed by atoms with Crippen molar-refractivity contribution in [2.45, 2.75) is 146 Å². The summed E-state index contributed by atoms with van der Waals surface area (Å²) in [6.45, 7) is 28.6. The molecule has 3 N–H and O–H groups in total. The fourth-order valence-electron chi connectivity index (χ4n) is 5.99. The zero-order valence-corrected chi connectivity index (χ0v) is 29.0. The van der Waals surface area contributed by atoms with Gasteiger partial charge in [0.25, 0.3) is 0 Å². The van der Waals surface area contributed by atoms with Crippen LogP contribution in [0.25, 0.3) is 0 Å². The quantitative estimate of drug-likeness (QED) is 0.269. The molecule has 0 aromatic heterocycles. The Morgan fingerprint density at radius 2 is 1.24 bits per heavy atom. The van der Waals surface area contributed by atoms with Crippen molar-refractivity contribution in [3.63, 3.8) is 0 Å². The van der Waals surface area contributed by atoms with Crippen LogP contribution in [0, 0.1) is 16.7 Å². The molecule has 0 radical (unpaired) electrons. The van der Waals surface area contributed by atoms with E-state index in [1.54, 1.807) is 5.57 Å². The predicted octanol–water partition coefficient (Wildman–Crippen LogP) is 8.98. The van der Waals surface area contributed by atoms with Gasteiger partial charge in [-0.25, -0.2) is 0 Å². The van der Waals surface area contributed by atoms with Gasteiger partial charge >= 0.3 is 0 Å². The maximum Gasteiger partial charge on any atom is 0.238 e. The number of benzene rings is 1. The Balaban J connectivity index is 2.04. The lowest BCUT2D eigenvalue weighted by Gasteiger charge is -2.41. The average molecular weight is 581 g/mol. The van der Waals surface area contributed by atoms with Crippen molar-refractivity contribution in [2.75, 3.05) is 0 Å². The van der Waals surface area contributed by atoms with Gasteiger partial charge in [0.1, 0.15) is 5.75 Å². The average Bonchev–Trinajstić information content (AvgIpc) is 2.83. The van der Waals surface area contributed by atoms with Gasteiger partial charge in [-0.2, -0.15) is 0 Å². The lowest BCUT2D eigenvalue weighted by Crippen LogP contribution is -2.41. The molecule has 236 valence electrons. The van der Waals surface area contributed by atoms with Crippen molar-refractivity contribution in [3.05, 3.63) is 51.6 Å². The molecule has 0 saturated carbocycles. The first-order chi connectivity index (χ1) is 19.1. The Hall–Kier alpha value is -2.56. The van der Waals surface area contributed by atoms with E-state index in [9.17, 15) is 14.7 Å². The van der Waals surface area contributed by atoms with Gasteiger partial charge in [-0.1, -0.05) is 126 Å². The van der Waals surface area contributed by atoms with Gasteiger partial charge in [-0.05, 0) is 75.5 Å². The zero-order valence-electron chi connectivity index (χ0n) is 29.0. The topological polar surface area (TPSA) is 78.4 Å².